The molecule has 2 aliphatic rings. The summed E-state index contributed by atoms with van der Waals surface area (Å²) in [6, 6.07) is 5.72. The molecule has 1 heterocycles. The van der Waals surface area contributed by atoms with Gasteiger partial charge in [0.1, 0.15) is 5.82 Å². The first kappa shape index (κ1) is 18.2. The first-order valence-corrected chi connectivity index (χ1v) is 8.65. The Morgan fingerprint density at radius 3 is 2.44 bits per heavy atom. The number of nitrogens with zero attached hydrogens (tertiary/aromatic N) is 1. The second-order valence-electron chi connectivity index (χ2n) is 7.11. The molecule has 1 saturated heterocycles. The number of amides is 1. The van der Waals surface area contributed by atoms with Crippen molar-refractivity contribution >= 4 is 5.91 Å². The molecule has 1 aliphatic heterocycles. The number of rotatable bonds is 4. The lowest BCUT2D eigenvalue weighted by atomic mass is 9.77. The minimum Gasteiger partial charge on any atom is -0.351 e. The molecule has 3 nitrogen and oxygen atoms in total. The Morgan fingerprint density at radius 2 is 1.84 bits per heavy atom. The lowest BCUT2D eigenvalue weighted by molar-refractivity contribution is -0.143. The van der Waals surface area contributed by atoms with Crippen molar-refractivity contribution in [3.63, 3.8) is 0 Å². The summed E-state index contributed by atoms with van der Waals surface area (Å²) in [5.41, 5.74) is 0.0968. The Kier molecular flexibility index (Phi) is 5.04. The van der Waals surface area contributed by atoms with Gasteiger partial charge in [-0.1, -0.05) is 25.0 Å². The van der Waals surface area contributed by atoms with Gasteiger partial charge < -0.3 is 5.32 Å². The number of hydrogen-bond acceptors (Lipinski definition) is 2. The van der Waals surface area contributed by atoms with Gasteiger partial charge in [-0.3, -0.25) is 9.69 Å². The van der Waals surface area contributed by atoms with Crippen LogP contribution in [-0.4, -0.2) is 42.7 Å². The Labute approximate surface area is 144 Å². The molecule has 138 valence electrons. The molecule has 1 N–H and O–H groups in total. The standard InChI is InChI=1S/C18H22F4N2O/c19-14-5-3-13(4-6-14)17(8-1-2-9-17)16(25)23-15-7-10-24(11-15)12-18(20,21)22/h3-6,15H,1-2,7-12H2,(H,23,25). The summed E-state index contributed by atoms with van der Waals surface area (Å²) in [5.74, 6) is -0.494. The largest absolute Gasteiger partial charge is 0.401 e. The fourth-order valence-corrected chi connectivity index (χ4v) is 4.07. The molecular weight excluding hydrogens is 336 g/mol. The van der Waals surface area contributed by atoms with Crippen LogP contribution in [0.4, 0.5) is 17.6 Å². The highest BCUT2D eigenvalue weighted by Gasteiger charge is 2.44. The molecule has 1 aromatic carbocycles. The van der Waals surface area contributed by atoms with E-state index in [-0.39, 0.29) is 24.3 Å². The van der Waals surface area contributed by atoms with Crippen LogP contribution in [0.1, 0.15) is 37.7 Å². The fraction of sp³-hybridized carbons (Fsp3) is 0.611. The van der Waals surface area contributed by atoms with Gasteiger partial charge in [0.05, 0.1) is 12.0 Å². The predicted molar refractivity (Wildman–Crippen MR) is 85.6 cm³/mol. The molecule has 2 fully saturated rings. The van der Waals surface area contributed by atoms with E-state index in [1.54, 1.807) is 12.1 Å². The van der Waals surface area contributed by atoms with Crippen molar-refractivity contribution in [3.8, 4) is 0 Å². The van der Waals surface area contributed by atoms with Crippen molar-refractivity contribution in [2.45, 2.75) is 49.7 Å². The maximum atomic E-state index is 13.2. The van der Waals surface area contributed by atoms with E-state index in [1.807, 2.05) is 0 Å². The molecule has 0 radical (unpaired) electrons. The van der Waals surface area contributed by atoms with Crippen LogP contribution in [-0.2, 0) is 10.2 Å². The quantitative estimate of drug-likeness (QED) is 0.837. The average Bonchev–Trinajstić information content (AvgIpc) is 3.17. The van der Waals surface area contributed by atoms with E-state index in [4.69, 9.17) is 0 Å². The van der Waals surface area contributed by atoms with Crippen molar-refractivity contribution in [1.29, 1.82) is 0 Å². The summed E-state index contributed by atoms with van der Waals surface area (Å²) < 4.78 is 50.7. The molecule has 0 aromatic heterocycles. The van der Waals surface area contributed by atoms with E-state index < -0.39 is 18.1 Å². The maximum Gasteiger partial charge on any atom is 0.401 e. The van der Waals surface area contributed by atoms with Crippen molar-refractivity contribution in [2.24, 2.45) is 0 Å². The van der Waals surface area contributed by atoms with E-state index in [0.717, 1.165) is 18.4 Å². The van der Waals surface area contributed by atoms with Crippen molar-refractivity contribution in [2.75, 3.05) is 19.6 Å². The molecule has 1 aliphatic carbocycles. The van der Waals surface area contributed by atoms with Crippen molar-refractivity contribution < 1.29 is 22.4 Å². The van der Waals surface area contributed by atoms with Gasteiger partial charge in [-0.15, -0.1) is 0 Å². The van der Waals surface area contributed by atoms with E-state index in [0.29, 0.717) is 25.8 Å². The van der Waals surface area contributed by atoms with Gasteiger partial charge in [-0.2, -0.15) is 13.2 Å². The summed E-state index contributed by atoms with van der Waals surface area (Å²) in [6.45, 7) is -0.402. The van der Waals surface area contributed by atoms with Crippen LogP contribution >= 0.6 is 0 Å². The molecule has 1 unspecified atom stereocenters. The SMILES string of the molecule is O=C(NC1CCN(CC(F)(F)F)C1)C1(c2ccc(F)cc2)CCCC1. The van der Waals surface area contributed by atoms with Gasteiger partial charge in [0.2, 0.25) is 5.91 Å². The van der Waals surface area contributed by atoms with Crippen LogP contribution in [0.3, 0.4) is 0 Å². The third kappa shape index (κ3) is 4.14. The van der Waals surface area contributed by atoms with Gasteiger partial charge in [0.15, 0.2) is 0 Å². The lowest BCUT2D eigenvalue weighted by Crippen LogP contribution is -2.48. The summed E-state index contributed by atoms with van der Waals surface area (Å²) in [5, 5.41) is 2.95. The van der Waals surface area contributed by atoms with Gasteiger partial charge >= 0.3 is 6.18 Å². The van der Waals surface area contributed by atoms with Crippen LogP contribution < -0.4 is 5.32 Å². The summed E-state index contributed by atoms with van der Waals surface area (Å²) in [4.78, 5) is 14.3. The third-order valence-corrected chi connectivity index (χ3v) is 5.30. The summed E-state index contributed by atoms with van der Waals surface area (Å²) in [6.07, 6.45) is -0.515. The molecule has 1 saturated carbocycles. The van der Waals surface area contributed by atoms with Crippen LogP contribution in [0, 0.1) is 5.82 Å². The van der Waals surface area contributed by atoms with Gasteiger partial charge in [0, 0.05) is 19.1 Å². The monoisotopic (exact) mass is 358 g/mol. The minimum absolute atomic E-state index is 0.143. The van der Waals surface area contributed by atoms with Crippen molar-refractivity contribution in [1.82, 2.24) is 10.2 Å². The van der Waals surface area contributed by atoms with Gasteiger partial charge in [-0.05, 0) is 37.0 Å². The average molecular weight is 358 g/mol. The highest BCUT2D eigenvalue weighted by Crippen LogP contribution is 2.41. The Bertz CT molecular complexity index is 608. The molecule has 1 amide bonds. The molecule has 1 aromatic rings. The number of halogens is 4. The Morgan fingerprint density at radius 1 is 1.20 bits per heavy atom. The number of likely N-dealkylation sites (tertiary alicyclic amines) is 1. The summed E-state index contributed by atoms with van der Waals surface area (Å²) in [7, 11) is 0. The van der Waals surface area contributed by atoms with Crippen LogP contribution in [0.25, 0.3) is 0 Å². The van der Waals surface area contributed by atoms with Gasteiger partial charge in [0.25, 0.3) is 0 Å². The molecule has 25 heavy (non-hydrogen) atoms. The second-order valence-corrected chi connectivity index (χ2v) is 7.11. The minimum atomic E-state index is -4.22. The van der Waals surface area contributed by atoms with E-state index in [9.17, 15) is 22.4 Å². The number of benzene rings is 1. The highest BCUT2D eigenvalue weighted by molar-refractivity contribution is 5.88. The van der Waals surface area contributed by atoms with E-state index in [1.165, 1.54) is 17.0 Å². The molecule has 1 atom stereocenters. The zero-order valence-electron chi connectivity index (χ0n) is 13.9. The second kappa shape index (κ2) is 6.94. The number of nitrogens with one attached hydrogen (secondary N) is 1. The van der Waals surface area contributed by atoms with Crippen molar-refractivity contribution in [3.05, 3.63) is 35.6 Å². The lowest BCUT2D eigenvalue weighted by Gasteiger charge is -2.30. The first-order valence-electron chi connectivity index (χ1n) is 8.65. The summed E-state index contributed by atoms with van der Waals surface area (Å²) >= 11 is 0. The normalized spacial score (nSPS) is 23.8. The Balaban J connectivity index is 1.67. The zero-order chi connectivity index (χ0) is 18.1. The fourth-order valence-electron chi connectivity index (χ4n) is 4.07. The van der Waals surface area contributed by atoms with Crippen LogP contribution in [0.2, 0.25) is 0 Å². The predicted octanol–water partition coefficient (Wildman–Crippen LogP) is 3.39. The molecular formula is C18H22F4N2O. The van der Waals surface area contributed by atoms with Crippen LogP contribution in [0.5, 0.6) is 0 Å². The molecule has 0 bridgehead atoms. The zero-order valence-corrected chi connectivity index (χ0v) is 13.9. The molecule has 3 rings (SSSR count). The maximum absolute atomic E-state index is 13.2. The number of carbonyl (C=O) groups is 1. The smallest absolute Gasteiger partial charge is 0.351 e. The Hall–Kier alpha value is -1.63. The van der Waals surface area contributed by atoms with E-state index >= 15 is 0 Å². The van der Waals surface area contributed by atoms with Gasteiger partial charge in [-0.25, -0.2) is 4.39 Å². The first-order chi connectivity index (χ1) is 11.8. The molecule has 0 spiro atoms. The number of alkyl halides is 3. The highest BCUT2D eigenvalue weighted by atomic mass is 19.4. The number of hydrogen-bond donors (Lipinski definition) is 1. The number of carbonyl (C=O) groups excluding carboxylic acids is 1. The topological polar surface area (TPSA) is 32.3 Å². The third-order valence-electron chi connectivity index (χ3n) is 5.30. The van der Waals surface area contributed by atoms with E-state index in [2.05, 4.69) is 5.32 Å². The molecule has 7 heteroatoms. The van der Waals surface area contributed by atoms with Crippen LogP contribution in [0.15, 0.2) is 24.3 Å².